The van der Waals surface area contributed by atoms with Crippen molar-refractivity contribution >= 4 is 0 Å². The highest BCUT2D eigenvalue weighted by Crippen LogP contribution is 2.28. The van der Waals surface area contributed by atoms with Crippen molar-refractivity contribution in [3.8, 4) is 11.5 Å². The molecule has 1 aliphatic rings. The molecule has 0 aliphatic carbocycles. The van der Waals surface area contributed by atoms with E-state index in [2.05, 4.69) is 4.98 Å². The fraction of sp³-hybridized carbons (Fsp3) is 0.500. The van der Waals surface area contributed by atoms with Crippen LogP contribution in [0.4, 0.5) is 0 Å². The van der Waals surface area contributed by atoms with Crippen molar-refractivity contribution in [1.29, 1.82) is 0 Å². The standard InChI is InChI=1S/C10H13NO3/c1-12-7-8-5-9-10(6-11-8)14-4-2-3-13-9/h5-6H,2-4,7H2,1H3. The van der Waals surface area contributed by atoms with Crippen LogP contribution < -0.4 is 9.47 Å². The third-order valence-corrected chi connectivity index (χ3v) is 1.98. The third kappa shape index (κ3) is 1.96. The van der Waals surface area contributed by atoms with E-state index in [1.807, 2.05) is 6.07 Å². The SMILES string of the molecule is COCc1cc2c(cn1)OCCCO2. The van der Waals surface area contributed by atoms with Crippen LogP contribution in [0.25, 0.3) is 0 Å². The van der Waals surface area contributed by atoms with Gasteiger partial charge in [0.15, 0.2) is 11.5 Å². The van der Waals surface area contributed by atoms with Gasteiger partial charge in [-0.3, -0.25) is 4.98 Å². The molecule has 4 heteroatoms. The van der Waals surface area contributed by atoms with Gasteiger partial charge in [0, 0.05) is 19.6 Å². The van der Waals surface area contributed by atoms with E-state index in [0.29, 0.717) is 19.8 Å². The zero-order valence-corrected chi connectivity index (χ0v) is 8.16. The Labute approximate surface area is 82.8 Å². The second kappa shape index (κ2) is 4.28. The number of ether oxygens (including phenoxy) is 3. The normalized spacial score (nSPS) is 14.9. The van der Waals surface area contributed by atoms with E-state index in [0.717, 1.165) is 23.6 Å². The number of rotatable bonds is 2. The number of hydrogen-bond acceptors (Lipinski definition) is 4. The van der Waals surface area contributed by atoms with E-state index in [1.165, 1.54) is 0 Å². The third-order valence-electron chi connectivity index (χ3n) is 1.98. The molecule has 0 unspecified atom stereocenters. The molecule has 2 heterocycles. The van der Waals surface area contributed by atoms with Crippen LogP contribution >= 0.6 is 0 Å². The predicted octanol–water partition coefficient (Wildman–Crippen LogP) is 1.39. The molecule has 2 rings (SSSR count). The first kappa shape index (κ1) is 9.27. The van der Waals surface area contributed by atoms with Gasteiger partial charge in [-0.1, -0.05) is 0 Å². The summed E-state index contributed by atoms with van der Waals surface area (Å²) in [5, 5.41) is 0. The molecule has 1 aromatic heterocycles. The molecule has 0 aromatic carbocycles. The van der Waals surface area contributed by atoms with Crippen molar-refractivity contribution in [3.63, 3.8) is 0 Å². The van der Waals surface area contributed by atoms with Crippen molar-refractivity contribution in [3.05, 3.63) is 18.0 Å². The Bertz CT molecular complexity index is 314. The Morgan fingerprint density at radius 1 is 1.36 bits per heavy atom. The molecule has 0 atom stereocenters. The van der Waals surface area contributed by atoms with E-state index in [1.54, 1.807) is 13.3 Å². The van der Waals surface area contributed by atoms with E-state index in [4.69, 9.17) is 14.2 Å². The Hall–Kier alpha value is -1.29. The highest BCUT2D eigenvalue weighted by atomic mass is 16.5. The van der Waals surface area contributed by atoms with Crippen molar-refractivity contribution in [2.45, 2.75) is 13.0 Å². The van der Waals surface area contributed by atoms with Crippen LogP contribution in [0.5, 0.6) is 11.5 Å². The molecule has 0 N–H and O–H groups in total. The Balaban J connectivity index is 2.23. The highest BCUT2D eigenvalue weighted by Gasteiger charge is 2.11. The van der Waals surface area contributed by atoms with Gasteiger partial charge >= 0.3 is 0 Å². The zero-order chi connectivity index (χ0) is 9.80. The molecule has 0 saturated heterocycles. The van der Waals surface area contributed by atoms with Crippen molar-refractivity contribution in [1.82, 2.24) is 4.98 Å². The van der Waals surface area contributed by atoms with Crippen LogP contribution in [0.3, 0.4) is 0 Å². The minimum absolute atomic E-state index is 0.497. The van der Waals surface area contributed by atoms with Gasteiger partial charge in [-0.25, -0.2) is 0 Å². The van der Waals surface area contributed by atoms with E-state index in [9.17, 15) is 0 Å². The number of aromatic nitrogens is 1. The fourth-order valence-corrected chi connectivity index (χ4v) is 1.34. The van der Waals surface area contributed by atoms with Crippen molar-refractivity contribution < 1.29 is 14.2 Å². The average Bonchev–Trinajstić information content (AvgIpc) is 2.42. The Morgan fingerprint density at radius 2 is 2.14 bits per heavy atom. The quantitative estimate of drug-likeness (QED) is 0.715. The van der Waals surface area contributed by atoms with Crippen LogP contribution in [0, 0.1) is 0 Å². The van der Waals surface area contributed by atoms with Crippen molar-refractivity contribution in [2.24, 2.45) is 0 Å². The lowest BCUT2D eigenvalue weighted by Crippen LogP contribution is -1.97. The lowest BCUT2D eigenvalue weighted by Gasteiger charge is -2.07. The maximum Gasteiger partial charge on any atom is 0.179 e. The number of methoxy groups -OCH3 is 1. The van der Waals surface area contributed by atoms with Gasteiger partial charge in [0.2, 0.25) is 0 Å². The molecule has 0 fully saturated rings. The molecular weight excluding hydrogens is 182 g/mol. The van der Waals surface area contributed by atoms with Gasteiger partial charge in [0.1, 0.15) is 0 Å². The summed E-state index contributed by atoms with van der Waals surface area (Å²) < 4.78 is 16.0. The number of pyridine rings is 1. The minimum atomic E-state index is 0.497. The largest absolute Gasteiger partial charge is 0.489 e. The summed E-state index contributed by atoms with van der Waals surface area (Å²) in [4.78, 5) is 4.19. The first-order chi connectivity index (χ1) is 6.90. The second-order valence-corrected chi connectivity index (χ2v) is 3.11. The maximum absolute atomic E-state index is 5.51. The molecule has 1 aromatic rings. The summed E-state index contributed by atoms with van der Waals surface area (Å²) in [6.45, 7) is 1.89. The molecule has 0 bridgehead atoms. The van der Waals surface area contributed by atoms with Gasteiger partial charge in [-0.15, -0.1) is 0 Å². The van der Waals surface area contributed by atoms with Gasteiger partial charge in [0.05, 0.1) is 31.7 Å². The maximum atomic E-state index is 5.51. The monoisotopic (exact) mass is 195 g/mol. The van der Waals surface area contributed by atoms with Gasteiger partial charge in [0.25, 0.3) is 0 Å². The van der Waals surface area contributed by atoms with Crippen molar-refractivity contribution in [2.75, 3.05) is 20.3 Å². The van der Waals surface area contributed by atoms with E-state index < -0.39 is 0 Å². The molecule has 0 spiro atoms. The molecule has 1 aliphatic heterocycles. The first-order valence-electron chi connectivity index (χ1n) is 4.63. The minimum Gasteiger partial charge on any atom is -0.489 e. The molecule has 76 valence electrons. The number of nitrogens with zero attached hydrogens (tertiary/aromatic N) is 1. The second-order valence-electron chi connectivity index (χ2n) is 3.11. The molecular formula is C10H13NO3. The highest BCUT2D eigenvalue weighted by molar-refractivity contribution is 5.39. The predicted molar refractivity (Wildman–Crippen MR) is 50.6 cm³/mol. The van der Waals surface area contributed by atoms with Crippen LogP contribution in [0.15, 0.2) is 12.3 Å². The first-order valence-corrected chi connectivity index (χ1v) is 4.63. The van der Waals surface area contributed by atoms with E-state index >= 15 is 0 Å². The smallest absolute Gasteiger partial charge is 0.179 e. The van der Waals surface area contributed by atoms with Crippen LogP contribution in [-0.2, 0) is 11.3 Å². The van der Waals surface area contributed by atoms with Gasteiger partial charge < -0.3 is 14.2 Å². The van der Waals surface area contributed by atoms with Crippen LogP contribution in [0.1, 0.15) is 12.1 Å². The summed E-state index contributed by atoms with van der Waals surface area (Å²) in [6, 6.07) is 1.87. The summed E-state index contributed by atoms with van der Waals surface area (Å²) in [5.74, 6) is 1.49. The summed E-state index contributed by atoms with van der Waals surface area (Å²) in [5.41, 5.74) is 0.858. The van der Waals surface area contributed by atoms with Gasteiger partial charge in [-0.2, -0.15) is 0 Å². The Morgan fingerprint density at radius 3 is 2.93 bits per heavy atom. The topological polar surface area (TPSA) is 40.6 Å². The van der Waals surface area contributed by atoms with Crippen LogP contribution in [0.2, 0.25) is 0 Å². The fourth-order valence-electron chi connectivity index (χ4n) is 1.34. The number of hydrogen-bond donors (Lipinski definition) is 0. The molecule has 0 radical (unpaired) electrons. The summed E-state index contributed by atoms with van der Waals surface area (Å²) in [7, 11) is 1.64. The van der Waals surface area contributed by atoms with Crippen LogP contribution in [-0.4, -0.2) is 25.3 Å². The molecule has 14 heavy (non-hydrogen) atoms. The van der Waals surface area contributed by atoms with Gasteiger partial charge in [-0.05, 0) is 0 Å². The zero-order valence-electron chi connectivity index (χ0n) is 8.16. The lowest BCUT2D eigenvalue weighted by atomic mass is 10.3. The molecule has 0 amide bonds. The molecule has 4 nitrogen and oxygen atoms in total. The number of fused-ring (bicyclic) bond motifs is 1. The van der Waals surface area contributed by atoms with E-state index in [-0.39, 0.29) is 0 Å². The summed E-state index contributed by atoms with van der Waals surface area (Å²) >= 11 is 0. The average molecular weight is 195 g/mol. The Kier molecular flexibility index (Phi) is 2.84. The molecule has 0 saturated carbocycles. The lowest BCUT2D eigenvalue weighted by molar-refractivity contribution is 0.181. The summed E-state index contributed by atoms with van der Waals surface area (Å²) in [6.07, 6.45) is 2.60.